The second-order valence-electron chi connectivity index (χ2n) is 5.76. The molecule has 2 N–H and O–H groups in total. The topological polar surface area (TPSA) is 71.8 Å². The number of anilines is 1. The molecule has 0 atom stereocenters. The number of benzene rings is 1. The fourth-order valence-corrected chi connectivity index (χ4v) is 3.60. The molecule has 0 spiro atoms. The van der Waals surface area contributed by atoms with Crippen molar-refractivity contribution in [3.05, 3.63) is 68.0 Å². The van der Waals surface area contributed by atoms with Crippen LogP contribution in [0.15, 0.2) is 41.1 Å². The highest BCUT2D eigenvalue weighted by Crippen LogP contribution is 2.27. The first-order chi connectivity index (χ1) is 12.9. The predicted octanol–water partition coefficient (Wildman–Crippen LogP) is 4.62. The lowest BCUT2D eigenvalue weighted by molar-refractivity contribution is 0.0964. The van der Waals surface area contributed by atoms with Gasteiger partial charge in [0, 0.05) is 18.3 Å². The molecule has 0 saturated heterocycles. The molecule has 3 aromatic rings. The molecule has 6 nitrogen and oxygen atoms in total. The Hall–Kier alpha value is -2.09. The van der Waals surface area contributed by atoms with Gasteiger partial charge in [0.1, 0.15) is 4.60 Å². The summed E-state index contributed by atoms with van der Waals surface area (Å²) in [6, 6.07) is 8.82. The van der Waals surface area contributed by atoms with Gasteiger partial charge in [0.05, 0.1) is 28.5 Å². The summed E-state index contributed by atoms with van der Waals surface area (Å²) in [4.78, 5) is 16.5. The minimum Gasteiger partial charge on any atom is -0.379 e. The fraction of sp³-hybridized carbons (Fsp3) is 0.167. The minimum absolute atomic E-state index is 0.217. The van der Waals surface area contributed by atoms with Gasteiger partial charge >= 0.3 is 0 Å². The van der Waals surface area contributed by atoms with E-state index < -0.39 is 0 Å². The van der Waals surface area contributed by atoms with Crippen molar-refractivity contribution in [1.82, 2.24) is 20.1 Å². The molecule has 0 saturated carbocycles. The van der Waals surface area contributed by atoms with Crippen LogP contribution < -0.4 is 10.6 Å². The van der Waals surface area contributed by atoms with E-state index in [-0.39, 0.29) is 5.91 Å². The van der Waals surface area contributed by atoms with Crippen LogP contribution in [0.25, 0.3) is 5.82 Å². The normalized spacial score (nSPS) is 10.7. The van der Waals surface area contributed by atoms with E-state index in [2.05, 4.69) is 36.6 Å². The van der Waals surface area contributed by atoms with Gasteiger partial charge in [0.25, 0.3) is 5.91 Å². The van der Waals surface area contributed by atoms with Gasteiger partial charge < -0.3 is 10.6 Å². The number of halogens is 3. The van der Waals surface area contributed by atoms with Gasteiger partial charge in [-0.3, -0.25) is 4.79 Å². The lowest BCUT2D eigenvalue weighted by atomic mass is 10.1. The Balaban J connectivity index is 1.95. The molecule has 1 aromatic carbocycles. The summed E-state index contributed by atoms with van der Waals surface area (Å²) in [6.45, 7) is 2.29. The number of aromatic nitrogens is 3. The summed E-state index contributed by atoms with van der Waals surface area (Å²) in [5.74, 6) is 0.312. The highest BCUT2D eigenvalue weighted by molar-refractivity contribution is 9.10. The maximum Gasteiger partial charge on any atom is 0.253 e. The molecule has 27 heavy (non-hydrogen) atoms. The van der Waals surface area contributed by atoms with E-state index in [0.29, 0.717) is 38.3 Å². The molecular weight excluding hydrogens is 453 g/mol. The monoisotopic (exact) mass is 467 g/mol. The van der Waals surface area contributed by atoms with Crippen molar-refractivity contribution in [3.63, 3.8) is 0 Å². The number of carbonyl (C=O) groups is 1. The van der Waals surface area contributed by atoms with E-state index >= 15 is 0 Å². The molecule has 140 valence electrons. The number of hydrogen-bond acceptors (Lipinski definition) is 4. The molecule has 0 aliphatic carbocycles. The smallest absolute Gasteiger partial charge is 0.253 e. The van der Waals surface area contributed by atoms with Crippen molar-refractivity contribution in [2.75, 3.05) is 12.4 Å². The molecular formula is C18H16BrCl2N5O. The Morgan fingerprint density at radius 3 is 2.78 bits per heavy atom. The van der Waals surface area contributed by atoms with Gasteiger partial charge in [-0.1, -0.05) is 23.2 Å². The third-order valence-electron chi connectivity index (χ3n) is 3.91. The van der Waals surface area contributed by atoms with Crippen LogP contribution in [0.5, 0.6) is 0 Å². The number of nitrogens with one attached hydrogen (secondary N) is 2. The second kappa shape index (κ2) is 8.29. The first-order valence-electron chi connectivity index (χ1n) is 8.02. The minimum atomic E-state index is -0.217. The Labute approximate surface area is 175 Å². The van der Waals surface area contributed by atoms with Gasteiger partial charge in [-0.25, -0.2) is 9.67 Å². The summed E-state index contributed by atoms with van der Waals surface area (Å²) in [5, 5.41) is 11.3. The standard InChI is InChI=1S/C18H16BrCl2N5O/c1-10-6-11(20)7-13(18(27)22-2)16(10)24-9-12-8-15(19)25-26(12)17-14(21)4-3-5-23-17/h3-8,24H,9H2,1-2H3,(H,22,27). The molecule has 3 rings (SSSR count). The van der Waals surface area contributed by atoms with E-state index in [1.165, 1.54) is 0 Å². The third kappa shape index (κ3) is 4.26. The van der Waals surface area contributed by atoms with Crippen molar-refractivity contribution in [2.24, 2.45) is 0 Å². The zero-order valence-electron chi connectivity index (χ0n) is 14.6. The Morgan fingerprint density at radius 2 is 2.07 bits per heavy atom. The fourth-order valence-electron chi connectivity index (χ4n) is 2.70. The molecule has 9 heteroatoms. The van der Waals surface area contributed by atoms with Gasteiger partial charge in [-0.05, 0) is 58.7 Å². The summed E-state index contributed by atoms with van der Waals surface area (Å²) >= 11 is 15.8. The summed E-state index contributed by atoms with van der Waals surface area (Å²) < 4.78 is 2.31. The molecule has 2 aromatic heterocycles. The highest BCUT2D eigenvalue weighted by atomic mass is 79.9. The summed E-state index contributed by atoms with van der Waals surface area (Å²) in [5.41, 5.74) is 2.86. The molecule has 2 heterocycles. The number of carbonyl (C=O) groups excluding carboxylic acids is 1. The quantitative estimate of drug-likeness (QED) is 0.573. The van der Waals surface area contributed by atoms with Crippen LogP contribution in [0.1, 0.15) is 21.6 Å². The van der Waals surface area contributed by atoms with Crippen LogP contribution in [0.2, 0.25) is 10.0 Å². The SMILES string of the molecule is CNC(=O)c1cc(Cl)cc(C)c1NCc1cc(Br)nn1-c1ncccc1Cl. The van der Waals surface area contributed by atoms with E-state index in [1.54, 1.807) is 42.2 Å². The molecule has 0 radical (unpaired) electrons. The molecule has 0 aliphatic rings. The van der Waals surface area contributed by atoms with Crippen molar-refractivity contribution < 1.29 is 4.79 Å². The molecule has 0 bridgehead atoms. The van der Waals surface area contributed by atoms with Crippen molar-refractivity contribution in [2.45, 2.75) is 13.5 Å². The average Bonchev–Trinajstić information content (AvgIpc) is 3.00. The highest BCUT2D eigenvalue weighted by Gasteiger charge is 2.16. The number of amides is 1. The third-order valence-corrected chi connectivity index (χ3v) is 4.81. The van der Waals surface area contributed by atoms with Crippen LogP contribution in [0.3, 0.4) is 0 Å². The van der Waals surface area contributed by atoms with Crippen LogP contribution >= 0.6 is 39.1 Å². The molecule has 0 unspecified atom stereocenters. The largest absolute Gasteiger partial charge is 0.379 e. The van der Waals surface area contributed by atoms with Crippen LogP contribution in [-0.2, 0) is 6.54 Å². The number of rotatable bonds is 5. The molecule has 0 fully saturated rings. The summed E-state index contributed by atoms with van der Waals surface area (Å²) in [7, 11) is 1.58. The Bertz CT molecular complexity index is 1010. The average molecular weight is 469 g/mol. The van der Waals surface area contributed by atoms with Crippen LogP contribution in [-0.4, -0.2) is 27.7 Å². The van der Waals surface area contributed by atoms with Gasteiger partial charge in [0.15, 0.2) is 5.82 Å². The van der Waals surface area contributed by atoms with Gasteiger partial charge in [-0.15, -0.1) is 0 Å². The van der Waals surface area contributed by atoms with Crippen LogP contribution in [0, 0.1) is 6.92 Å². The van der Waals surface area contributed by atoms with Crippen molar-refractivity contribution in [3.8, 4) is 5.82 Å². The van der Waals surface area contributed by atoms with Crippen molar-refractivity contribution >= 4 is 50.7 Å². The number of pyridine rings is 1. The number of nitrogens with zero attached hydrogens (tertiary/aromatic N) is 3. The van der Waals surface area contributed by atoms with Gasteiger partial charge in [-0.2, -0.15) is 5.10 Å². The van der Waals surface area contributed by atoms with E-state index in [9.17, 15) is 4.79 Å². The lowest BCUT2D eigenvalue weighted by Gasteiger charge is -2.15. The lowest BCUT2D eigenvalue weighted by Crippen LogP contribution is -2.20. The Kier molecular flexibility index (Phi) is 6.04. The predicted molar refractivity (Wildman–Crippen MR) is 111 cm³/mol. The van der Waals surface area contributed by atoms with Crippen LogP contribution in [0.4, 0.5) is 5.69 Å². The molecule has 1 amide bonds. The first-order valence-corrected chi connectivity index (χ1v) is 9.57. The van der Waals surface area contributed by atoms with Crippen molar-refractivity contribution in [1.29, 1.82) is 0 Å². The Morgan fingerprint density at radius 1 is 1.30 bits per heavy atom. The van der Waals surface area contributed by atoms with Gasteiger partial charge in [0.2, 0.25) is 0 Å². The zero-order chi connectivity index (χ0) is 19.6. The van der Waals surface area contributed by atoms with E-state index in [1.807, 2.05) is 13.0 Å². The second-order valence-corrected chi connectivity index (χ2v) is 7.41. The maximum absolute atomic E-state index is 12.2. The number of hydrogen-bond donors (Lipinski definition) is 2. The first kappa shape index (κ1) is 19.7. The maximum atomic E-state index is 12.2. The zero-order valence-corrected chi connectivity index (χ0v) is 17.7. The van der Waals surface area contributed by atoms with E-state index in [0.717, 1.165) is 11.3 Å². The number of aryl methyl sites for hydroxylation is 1. The molecule has 0 aliphatic heterocycles. The van der Waals surface area contributed by atoms with E-state index in [4.69, 9.17) is 23.2 Å². The summed E-state index contributed by atoms with van der Waals surface area (Å²) in [6.07, 6.45) is 1.65.